The van der Waals surface area contributed by atoms with Gasteiger partial charge in [0, 0.05) is 18.4 Å². The Bertz CT molecular complexity index is 1050. The van der Waals surface area contributed by atoms with Crippen molar-refractivity contribution in [3.05, 3.63) is 74.8 Å². The molecule has 7 nitrogen and oxygen atoms in total. The number of nitro groups is 1. The summed E-state index contributed by atoms with van der Waals surface area (Å²) in [5.41, 5.74) is 3.01. The van der Waals surface area contributed by atoms with E-state index in [0.717, 1.165) is 17.7 Å². The van der Waals surface area contributed by atoms with E-state index in [4.69, 9.17) is 4.74 Å². The maximum Gasteiger partial charge on any atom is 0.276 e. The monoisotopic (exact) mass is 411 g/mol. The predicted octanol–water partition coefficient (Wildman–Crippen LogP) is 5.19. The minimum absolute atomic E-state index is 0.0143. The molecule has 0 fully saturated rings. The molecule has 3 rings (SSSR count). The van der Waals surface area contributed by atoms with Gasteiger partial charge in [0.25, 0.3) is 5.69 Å². The Morgan fingerprint density at radius 3 is 2.69 bits per heavy atom. The third-order valence-electron chi connectivity index (χ3n) is 4.49. The summed E-state index contributed by atoms with van der Waals surface area (Å²) in [6.45, 7) is 5.36. The van der Waals surface area contributed by atoms with Crippen LogP contribution in [0, 0.1) is 17.0 Å². The second-order valence-corrected chi connectivity index (χ2v) is 7.24. The molecule has 0 saturated heterocycles. The van der Waals surface area contributed by atoms with Gasteiger partial charge in [-0.25, -0.2) is 4.98 Å². The first-order valence-corrected chi connectivity index (χ1v) is 10.00. The lowest BCUT2D eigenvalue weighted by molar-refractivity contribution is -0.385. The average Bonchev–Trinajstić information content (AvgIpc) is 3.15. The number of nitrogens with zero attached hydrogens (tertiary/aromatic N) is 3. The Kier molecular flexibility index (Phi) is 6.23. The van der Waals surface area contributed by atoms with Crippen LogP contribution in [0.4, 0.5) is 16.5 Å². The molecule has 0 saturated carbocycles. The topological polar surface area (TPSA) is 85.6 Å². The molecule has 0 aliphatic rings. The highest BCUT2D eigenvalue weighted by atomic mass is 32.1. The van der Waals surface area contributed by atoms with Crippen LogP contribution in [0.25, 0.3) is 0 Å². The summed E-state index contributed by atoms with van der Waals surface area (Å²) in [4.78, 5) is 29.1. The molecule has 0 N–H and O–H groups in total. The quantitative estimate of drug-likeness (QED) is 0.395. The number of rotatable bonds is 7. The Balaban J connectivity index is 1.82. The maximum absolute atomic E-state index is 12.3. The van der Waals surface area contributed by atoms with Crippen molar-refractivity contribution in [2.75, 3.05) is 4.90 Å². The SMILES string of the molecule is CCc1ccccc1N(C(C)=O)c1nc(COc2cccc([N+](=O)[O-])c2C)cs1. The van der Waals surface area contributed by atoms with Crippen molar-refractivity contribution >= 4 is 33.8 Å². The molecule has 3 aromatic rings. The zero-order valence-electron chi connectivity index (χ0n) is 16.4. The lowest BCUT2D eigenvalue weighted by Crippen LogP contribution is -2.23. The molecular formula is C21H21N3O4S. The van der Waals surface area contributed by atoms with Crippen LogP contribution in [0.2, 0.25) is 0 Å². The first-order chi connectivity index (χ1) is 13.9. The number of carbonyl (C=O) groups excluding carboxylic acids is 1. The van der Waals surface area contributed by atoms with Crippen LogP contribution in [-0.2, 0) is 17.8 Å². The van der Waals surface area contributed by atoms with Crippen LogP contribution in [0.3, 0.4) is 0 Å². The standard InChI is InChI=1S/C21H21N3O4S/c1-4-16-8-5-6-9-19(16)23(15(3)25)21-22-17(13-29-21)12-28-20-11-7-10-18(14(20)2)24(26)27/h5-11,13H,4,12H2,1-3H3. The van der Waals surface area contributed by atoms with Crippen LogP contribution >= 0.6 is 11.3 Å². The Morgan fingerprint density at radius 1 is 1.24 bits per heavy atom. The van der Waals surface area contributed by atoms with E-state index >= 15 is 0 Å². The van der Waals surface area contributed by atoms with Gasteiger partial charge in [0.05, 0.1) is 21.9 Å². The predicted molar refractivity (Wildman–Crippen MR) is 113 cm³/mol. The summed E-state index contributed by atoms with van der Waals surface area (Å²) in [5.74, 6) is 0.316. The van der Waals surface area contributed by atoms with Crippen LogP contribution in [0.5, 0.6) is 5.75 Å². The van der Waals surface area contributed by atoms with Gasteiger partial charge in [-0.15, -0.1) is 11.3 Å². The molecule has 0 aliphatic carbocycles. The number of hydrogen-bond donors (Lipinski definition) is 0. The molecule has 1 heterocycles. The molecule has 0 aliphatic heterocycles. The fourth-order valence-electron chi connectivity index (χ4n) is 3.01. The molecule has 0 atom stereocenters. The van der Waals surface area contributed by atoms with Crippen LogP contribution in [0.1, 0.15) is 30.7 Å². The number of para-hydroxylation sites is 1. The summed E-state index contributed by atoms with van der Waals surface area (Å²) in [7, 11) is 0. The number of amides is 1. The molecule has 0 spiro atoms. The van der Waals surface area contributed by atoms with E-state index in [1.165, 1.54) is 24.3 Å². The van der Waals surface area contributed by atoms with E-state index in [1.54, 1.807) is 24.0 Å². The number of hydrogen-bond acceptors (Lipinski definition) is 6. The summed E-state index contributed by atoms with van der Waals surface area (Å²) < 4.78 is 5.75. The van der Waals surface area contributed by atoms with Gasteiger partial charge >= 0.3 is 0 Å². The van der Waals surface area contributed by atoms with Gasteiger partial charge in [0.2, 0.25) is 5.91 Å². The zero-order valence-corrected chi connectivity index (χ0v) is 17.2. The molecule has 29 heavy (non-hydrogen) atoms. The number of ether oxygens (including phenoxy) is 1. The summed E-state index contributed by atoms with van der Waals surface area (Å²) in [6.07, 6.45) is 0.799. The highest BCUT2D eigenvalue weighted by Gasteiger charge is 2.20. The molecule has 150 valence electrons. The molecule has 2 aromatic carbocycles. The lowest BCUT2D eigenvalue weighted by atomic mass is 10.1. The number of aryl methyl sites for hydroxylation is 1. The van der Waals surface area contributed by atoms with Crippen molar-refractivity contribution in [1.29, 1.82) is 0 Å². The Hall–Kier alpha value is -3.26. The molecule has 1 amide bonds. The van der Waals surface area contributed by atoms with E-state index in [2.05, 4.69) is 4.98 Å². The van der Waals surface area contributed by atoms with E-state index in [1.807, 2.05) is 36.6 Å². The first-order valence-electron chi connectivity index (χ1n) is 9.12. The first kappa shape index (κ1) is 20.5. The molecule has 0 bridgehead atoms. The fourth-order valence-corrected chi connectivity index (χ4v) is 3.87. The van der Waals surface area contributed by atoms with Gasteiger partial charge in [-0.05, 0) is 31.0 Å². The summed E-state index contributed by atoms with van der Waals surface area (Å²) in [6, 6.07) is 12.5. The van der Waals surface area contributed by atoms with Crippen molar-refractivity contribution < 1.29 is 14.5 Å². The normalized spacial score (nSPS) is 10.6. The highest BCUT2D eigenvalue weighted by Crippen LogP contribution is 2.32. The van der Waals surface area contributed by atoms with Gasteiger partial charge in [-0.1, -0.05) is 31.2 Å². The second-order valence-electron chi connectivity index (χ2n) is 6.40. The molecule has 0 radical (unpaired) electrons. The van der Waals surface area contributed by atoms with Gasteiger partial charge in [0.1, 0.15) is 12.4 Å². The van der Waals surface area contributed by atoms with Gasteiger partial charge in [-0.2, -0.15) is 0 Å². The van der Waals surface area contributed by atoms with Crippen molar-refractivity contribution in [1.82, 2.24) is 4.98 Å². The minimum Gasteiger partial charge on any atom is -0.487 e. The van der Waals surface area contributed by atoms with Crippen molar-refractivity contribution in [2.24, 2.45) is 0 Å². The number of thiazole rings is 1. The highest BCUT2D eigenvalue weighted by molar-refractivity contribution is 7.14. The third kappa shape index (κ3) is 4.43. The van der Waals surface area contributed by atoms with Gasteiger partial charge in [0.15, 0.2) is 5.13 Å². The third-order valence-corrected chi connectivity index (χ3v) is 5.36. The molecule has 0 unspecified atom stereocenters. The summed E-state index contributed by atoms with van der Waals surface area (Å²) in [5, 5.41) is 13.5. The Labute approximate surface area is 172 Å². The second kappa shape index (κ2) is 8.83. The van der Waals surface area contributed by atoms with Crippen molar-refractivity contribution in [3.8, 4) is 5.75 Å². The number of benzene rings is 2. The average molecular weight is 411 g/mol. The fraction of sp³-hybridized carbons (Fsp3) is 0.238. The van der Waals surface area contributed by atoms with Crippen molar-refractivity contribution in [2.45, 2.75) is 33.8 Å². The smallest absolute Gasteiger partial charge is 0.276 e. The van der Waals surface area contributed by atoms with E-state index in [0.29, 0.717) is 22.1 Å². The Morgan fingerprint density at radius 2 is 2.00 bits per heavy atom. The number of anilines is 2. The van der Waals surface area contributed by atoms with E-state index in [-0.39, 0.29) is 18.2 Å². The van der Waals surface area contributed by atoms with Gasteiger partial charge < -0.3 is 4.74 Å². The number of aromatic nitrogens is 1. The maximum atomic E-state index is 12.3. The van der Waals surface area contributed by atoms with Crippen LogP contribution in [-0.4, -0.2) is 15.8 Å². The largest absolute Gasteiger partial charge is 0.487 e. The lowest BCUT2D eigenvalue weighted by Gasteiger charge is -2.21. The van der Waals surface area contributed by atoms with E-state index < -0.39 is 4.92 Å². The zero-order chi connectivity index (χ0) is 21.0. The number of nitro benzene ring substituents is 1. The van der Waals surface area contributed by atoms with E-state index in [9.17, 15) is 14.9 Å². The van der Waals surface area contributed by atoms with Crippen LogP contribution in [0.15, 0.2) is 47.8 Å². The van der Waals surface area contributed by atoms with Gasteiger partial charge in [-0.3, -0.25) is 19.8 Å². The molecule has 1 aromatic heterocycles. The van der Waals surface area contributed by atoms with Crippen LogP contribution < -0.4 is 9.64 Å². The number of carbonyl (C=O) groups is 1. The summed E-state index contributed by atoms with van der Waals surface area (Å²) >= 11 is 1.35. The molecular weight excluding hydrogens is 390 g/mol. The minimum atomic E-state index is -0.431. The molecule has 8 heteroatoms. The van der Waals surface area contributed by atoms with Crippen molar-refractivity contribution in [3.63, 3.8) is 0 Å².